The molecule has 9 heteroatoms. The van der Waals surface area contributed by atoms with Crippen molar-refractivity contribution in [2.75, 3.05) is 17.5 Å². The molecule has 3 rings (SSSR count). The number of anilines is 1. The normalized spacial score (nSPS) is 11.2. The molecule has 0 saturated carbocycles. The van der Waals surface area contributed by atoms with Gasteiger partial charge in [-0.2, -0.15) is 5.10 Å². The third-order valence-corrected chi connectivity index (χ3v) is 6.96. The molecule has 176 valence electrons. The molecule has 0 spiro atoms. The number of hydrogen-bond donors (Lipinski definition) is 1. The minimum absolute atomic E-state index is 0.0914. The fourth-order valence-electron chi connectivity index (χ4n) is 2.94. The van der Waals surface area contributed by atoms with E-state index < -0.39 is 22.5 Å². The molecule has 1 N–H and O–H groups in total. The second kappa shape index (κ2) is 11.6. The molecule has 3 aromatic rings. The Bertz CT molecular complexity index is 1270. The lowest BCUT2D eigenvalue weighted by Crippen LogP contribution is -2.39. The molecule has 1 amide bonds. The van der Waals surface area contributed by atoms with Crippen molar-refractivity contribution in [3.8, 4) is 5.75 Å². The topological polar surface area (TPSA) is 88.1 Å². The van der Waals surface area contributed by atoms with E-state index in [2.05, 4.69) is 33.0 Å². The molecule has 0 atom stereocenters. The summed E-state index contributed by atoms with van der Waals surface area (Å²) in [7, 11) is -3.99. The highest BCUT2D eigenvalue weighted by Crippen LogP contribution is 2.25. The van der Waals surface area contributed by atoms with Crippen LogP contribution in [0, 0.1) is 6.92 Å². The summed E-state index contributed by atoms with van der Waals surface area (Å²) in [6.07, 6.45) is 3.10. The fraction of sp³-hybridized carbons (Fsp3) is 0.120. The monoisotopic (exact) mass is 541 g/mol. The van der Waals surface area contributed by atoms with Crippen molar-refractivity contribution in [3.05, 3.63) is 101 Å². The van der Waals surface area contributed by atoms with Crippen molar-refractivity contribution in [3.63, 3.8) is 0 Å². The summed E-state index contributed by atoms with van der Waals surface area (Å²) in [6.45, 7) is 5.41. The van der Waals surface area contributed by atoms with Crippen molar-refractivity contribution in [2.24, 2.45) is 5.10 Å². The van der Waals surface area contributed by atoms with Crippen LogP contribution >= 0.6 is 15.9 Å². The lowest BCUT2D eigenvalue weighted by Gasteiger charge is -2.23. The molecule has 0 aliphatic carbocycles. The maximum absolute atomic E-state index is 13.4. The van der Waals surface area contributed by atoms with Gasteiger partial charge < -0.3 is 4.74 Å². The Morgan fingerprint density at radius 3 is 2.50 bits per heavy atom. The summed E-state index contributed by atoms with van der Waals surface area (Å²) in [5, 5.41) is 3.96. The third kappa shape index (κ3) is 6.79. The van der Waals surface area contributed by atoms with Crippen LogP contribution in [0.15, 0.2) is 99.9 Å². The van der Waals surface area contributed by atoms with E-state index in [9.17, 15) is 13.2 Å². The summed E-state index contributed by atoms with van der Waals surface area (Å²) >= 11 is 3.34. The Kier molecular flexibility index (Phi) is 8.61. The van der Waals surface area contributed by atoms with Gasteiger partial charge in [0.2, 0.25) is 0 Å². The van der Waals surface area contributed by atoms with Crippen molar-refractivity contribution in [1.82, 2.24) is 5.43 Å². The molecule has 3 aromatic carbocycles. The molecular weight excluding hydrogens is 518 g/mol. The first-order valence-corrected chi connectivity index (χ1v) is 12.5. The fourth-order valence-corrected chi connectivity index (χ4v) is 4.63. The first-order chi connectivity index (χ1) is 16.3. The summed E-state index contributed by atoms with van der Waals surface area (Å²) in [6, 6.07) is 20.3. The zero-order chi connectivity index (χ0) is 24.6. The molecular formula is C25H24BrN3O4S. The van der Waals surface area contributed by atoms with E-state index in [1.165, 1.54) is 18.3 Å². The quantitative estimate of drug-likeness (QED) is 0.229. The molecule has 7 nitrogen and oxygen atoms in total. The zero-order valence-corrected chi connectivity index (χ0v) is 20.9. The average Bonchev–Trinajstić information content (AvgIpc) is 2.82. The molecule has 0 radical (unpaired) electrons. The Morgan fingerprint density at radius 2 is 1.82 bits per heavy atom. The molecule has 34 heavy (non-hydrogen) atoms. The van der Waals surface area contributed by atoms with Gasteiger partial charge in [-0.25, -0.2) is 13.8 Å². The van der Waals surface area contributed by atoms with Crippen LogP contribution in [0.5, 0.6) is 5.75 Å². The van der Waals surface area contributed by atoms with Crippen molar-refractivity contribution in [2.45, 2.75) is 11.8 Å². The molecule has 0 unspecified atom stereocenters. The summed E-state index contributed by atoms with van der Waals surface area (Å²) < 4.78 is 34.0. The number of aryl methyl sites for hydroxylation is 1. The number of ether oxygens (including phenoxy) is 1. The first kappa shape index (κ1) is 25.2. The van der Waals surface area contributed by atoms with Gasteiger partial charge >= 0.3 is 0 Å². The van der Waals surface area contributed by atoms with Crippen LogP contribution in [0.2, 0.25) is 0 Å². The minimum Gasteiger partial charge on any atom is -0.490 e. The molecule has 0 aliphatic heterocycles. The maximum Gasteiger partial charge on any atom is 0.264 e. The van der Waals surface area contributed by atoms with E-state index in [0.717, 1.165) is 14.3 Å². The van der Waals surface area contributed by atoms with Crippen LogP contribution in [0.1, 0.15) is 11.1 Å². The van der Waals surface area contributed by atoms with E-state index in [4.69, 9.17) is 4.74 Å². The highest BCUT2D eigenvalue weighted by Gasteiger charge is 2.27. The van der Waals surface area contributed by atoms with Gasteiger partial charge in [0.15, 0.2) is 0 Å². The summed E-state index contributed by atoms with van der Waals surface area (Å²) in [5.41, 5.74) is 4.39. The van der Waals surface area contributed by atoms with E-state index in [1.807, 2.05) is 6.92 Å². The standard InChI is InChI=1S/C25H24BrN3O4S/c1-3-15-33-23-6-4-5-20(16-23)17-27-28-25(30)18-29(22-11-9-21(26)10-12-22)34(31,32)24-13-7-19(2)8-14-24/h3-14,16-17H,1,15,18H2,2H3,(H,28,30)/b27-17-. The van der Waals surface area contributed by atoms with Crippen LogP contribution < -0.4 is 14.5 Å². The average molecular weight is 542 g/mol. The van der Waals surface area contributed by atoms with Gasteiger partial charge in [-0.15, -0.1) is 0 Å². The highest BCUT2D eigenvalue weighted by atomic mass is 79.9. The van der Waals surface area contributed by atoms with Gasteiger partial charge in [-0.3, -0.25) is 9.10 Å². The first-order valence-electron chi connectivity index (χ1n) is 10.3. The van der Waals surface area contributed by atoms with Gasteiger partial charge in [0.05, 0.1) is 16.8 Å². The Labute approximate surface area is 207 Å². The van der Waals surface area contributed by atoms with Crippen LogP contribution in [-0.4, -0.2) is 33.7 Å². The second-order valence-electron chi connectivity index (χ2n) is 7.27. The predicted octanol–water partition coefficient (Wildman–Crippen LogP) is 4.67. The van der Waals surface area contributed by atoms with Crippen LogP contribution in [0.4, 0.5) is 5.69 Å². The smallest absolute Gasteiger partial charge is 0.264 e. The largest absolute Gasteiger partial charge is 0.490 e. The number of hydrazone groups is 1. The van der Waals surface area contributed by atoms with Crippen molar-refractivity contribution < 1.29 is 17.9 Å². The summed E-state index contributed by atoms with van der Waals surface area (Å²) in [5.74, 6) is 0.0506. The molecule has 0 saturated heterocycles. The molecule has 0 fully saturated rings. The number of nitrogens with zero attached hydrogens (tertiary/aromatic N) is 2. The Hall–Kier alpha value is -3.43. The number of benzene rings is 3. The second-order valence-corrected chi connectivity index (χ2v) is 10.0. The predicted molar refractivity (Wildman–Crippen MR) is 138 cm³/mol. The summed E-state index contributed by atoms with van der Waals surface area (Å²) in [4.78, 5) is 12.7. The number of rotatable bonds is 10. The number of halogens is 1. The third-order valence-electron chi connectivity index (χ3n) is 4.64. The molecule has 0 bridgehead atoms. The number of carbonyl (C=O) groups excluding carboxylic acids is 1. The number of hydrogen-bond acceptors (Lipinski definition) is 5. The van der Waals surface area contributed by atoms with Gasteiger partial charge in [0.1, 0.15) is 18.9 Å². The maximum atomic E-state index is 13.4. The zero-order valence-electron chi connectivity index (χ0n) is 18.5. The minimum atomic E-state index is -3.99. The number of sulfonamides is 1. The van der Waals surface area contributed by atoms with Gasteiger partial charge in [-0.1, -0.05) is 58.4 Å². The van der Waals surface area contributed by atoms with Crippen molar-refractivity contribution in [1.29, 1.82) is 0 Å². The van der Waals surface area contributed by atoms with Crippen molar-refractivity contribution >= 4 is 43.8 Å². The number of amides is 1. The number of nitrogens with one attached hydrogen (secondary N) is 1. The van der Waals surface area contributed by atoms with E-state index in [0.29, 0.717) is 23.6 Å². The van der Waals surface area contributed by atoms with Crippen LogP contribution in [-0.2, 0) is 14.8 Å². The lowest BCUT2D eigenvalue weighted by molar-refractivity contribution is -0.119. The van der Waals surface area contributed by atoms with E-state index in [1.54, 1.807) is 66.7 Å². The molecule has 0 heterocycles. The van der Waals surface area contributed by atoms with Crippen LogP contribution in [0.3, 0.4) is 0 Å². The Balaban J connectivity index is 1.78. The van der Waals surface area contributed by atoms with Gasteiger partial charge in [-0.05, 0) is 61.0 Å². The van der Waals surface area contributed by atoms with E-state index in [-0.39, 0.29) is 4.90 Å². The Morgan fingerprint density at radius 1 is 1.12 bits per heavy atom. The van der Waals surface area contributed by atoms with Crippen LogP contribution in [0.25, 0.3) is 0 Å². The molecule has 0 aromatic heterocycles. The van der Waals surface area contributed by atoms with Gasteiger partial charge in [0, 0.05) is 4.47 Å². The molecule has 0 aliphatic rings. The highest BCUT2D eigenvalue weighted by molar-refractivity contribution is 9.10. The SMILES string of the molecule is C=CCOc1cccc(/C=N\NC(=O)CN(c2ccc(Br)cc2)S(=O)(=O)c2ccc(C)cc2)c1. The van der Waals surface area contributed by atoms with E-state index >= 15 is 0 Å². The lowest BCUT2D eigenvalue weighted by atomic mass is 10.2. The van der Waals surface area contributed by atoms with Gasteiger partial charge in [0.25, 0.3) is 15.9 Å². The number of carbonyl (C=O) groups is 1.